The van der Waals surface area contributed by atoms with Crippen molar-refractivity contribution in [3.63, 3.8) is 0 Å². The van der Waals surface area contributed by atoms with Crippen LogP contribution in [-0.2, 0) is 11.3 Å². The molecule has 0 bridgehead atoms. The Labute approximate surface area is 186 Å². The van der Waals surface area contributed by atoms with Crippen molar-refractivity contribution >= 4 is 28.6 Å². The van der Waals surface area contributed by atoms with Crippen molar-refractivity contribution < 1.29 is 13.9 Å². The van der Waals surface area contributed by atoms with E-state index in [4.69, 9.17) is 9.15 Å². The van der Waals surface area contributed by atoms with E-state index >= 15 is 0 Å². The molecular formula is C23H28N6O3. The maximum atomic E-state index is 13.5. The first-order valence-electron chi connectivity index (χ1n) is 11.0. The number of hydrogen-bond donors (Lipinski definition) is 1. The number of aromatic nitrogens is 3. The summed E-state index contributed by atoms with van der Waals surface area (Å²) >= 11 is 0. The Hall–Kier alpha value is -3.20. The molecule has 1 aliphatic carbocycles. The number of morpholine rings is 1. The van der Waals surface area contributed by atoms with Crippen molar-refractivity contribution in [2.75, 3.05) is 43.6 Å². The number of carbonyl (C=O) groups excluding carboxylic acids is 1. The molecule has 0 atom stereocenters. The molecule has 1 saturated carbocycles. The SMILES string of the molecule is Cc1oc2ncnc(NC3(C)CC3)c2c1C(=O)N(C)Cc1ccnc(N2CCOCC2)c1. The van der Waals surface area contributed by atoms with Crippen LogP contribution in [0.2, 0.25) is 0 Å². The lowest BCUT2D eigenvalue weighted by molar-refractivity contribution is 0.0785. The maximum Gasteiger partial charge on any atom is 0.258 e. The van der Waals surface area contributed by atoms with Crippen LogP contribution in [-0.4, -0.2) is 64.6 Å². The van der Waals surface area contributed by atoms with Crippen molar-refractivity contribution in [1.82, 2.24) is 19.9 Å². The van der Waals surface area contributed by atoms with E-state index in [9.17, 15) is 4.79 Å². The summed E-state index contributed by atoms with van der Waals surface area (Å²) in [5.41, 5.74) is 1.98. The molecular weight excluding hydrogens is 408 g/mol. The number of amides is 1. The zero-order valence-electron chi connectivity index (χ0n) is 18.7. The summed E-state index contributed by atoms with van der Waals surface area (Å²) in [4.78, 5) is 30.6. The summed E-state index contributed by atoms with van der Waals surface area (Å²) in [5, 5.41) is 4.12. The highest BCUT2D eigenvalue weighted by molar-refractivity contribution is 6.10. The molecule has 1 aliphatic heterocycles. The van der Waals surface area contributed by atoms with E-state index < -0.39 is 0 Å². The Morgan fingerprint density at radius 3 is 2.78 bits per heavy atom. The van der Waals surface area contributed by atoms with Gasteiger partial charge in [-0.15, -0.1) is 0 Å². The van der Waals surface area contributed by atoms with Crippen LogP contribution in [0.5, 0.6) is 0 Å². The van der Waals surface area contributed by atoms with Crippen LogP contribution >= 0.6 is 0 Å². The number of nitrogens with one attached hydrogen (secondary N) is 1. The molecule has 9 nitrogen and oxygen atoms in total. The molecule has 4 heterocycles. The highest BCUT2D eigenvalue weighted by atomic mass is 16.5. The molecule has 2 fully saturated rings. The van der Waals surface area contributed by atoms with E-state index in [0.717, 1.165) is 37.3 Å². The first kappa shape index (κ1) is 20.7. The number of carbonyl (C=O) groups is 1. The molecule has 3 aromatic rings. The molecule has 2 aliphatic rings. The molecule has 5 rings (SSSR count). The van der Waals surface area contributed by atoms with Crippen molar-refractivity contribution in [1.29, 1.82) is 0 Å². The predicted molar refractivity (Wildman–Crippen MR) is 121 cm³/mol. The van der Waals surface area contributed by atoms with Gasteiger partial charge in [-0.2, -0.15) is 0 Å². The smallest absolute Gasteiger partial charge is 0.258 e. The van der Waals surface area contributed by atoms with Gasteiger partial charge in [0, 0.05) is 38.4 Å². The standard InChI is InChI=1S/C23H28N6O3/c1-15-18(19-20(27-23(2)5-6-23)25-14-26-21(19)32-15)22(30)28(3)13-16-4-7-24-17(12-16)29-8-10-31-11-9-29/h4,7,12,14H,5-6,8-11,13H2,1-3H3,(H,25,26,27). The number of furan rings is 1. The fraction of sp³-hybridized carbons (Fsp3) is 0.478. The van der Waals surface area contributed by atoms with Crippen molar-refractivity contribution in [3.05, 3.63) is 41.5 Å². The highest BCUT2D eigenvalue weighted by Crippen LogP contribution is 2.40. The van der Waals surface area contributed by atoms with Gasteiger partial charge >= 0.3 is 0 Å². The quantitative estimate of drug-likeness (QED) is 0.630. The Balaban J connectivity index is 1.40. The largest absolute Gasteiger partial charge is 0.442 e. The molecule has 32 heavy (non-hydrogen) atoms. The normalized spacial score (nSPS) is 17.4. The molecule has 168 valence electrons. The Kier molecular flexibility index (Phi) is 5.21. The third-order valence-electron chi connectivity index (χ3n) is 6.21. The molecule has 3 aromatic heterocycles. The van der Waals surface area contributed by atoms with Gasteiger partial charge in [0.05, 0.1) is 24.2 Å². The third kappa shape index (κ3) is 4.00. The predicted octanol–water partition coefficient (Wildman–Crippen LogP) is 3.00. The molecule has 0 radical (unpaired) electrons. The number of anilines is 2. The van der Waals surface area contributed by atoms with Crippen LogP contribution in [0, 0.1) is 6.92 Å². The zero-order valence-corrected chi connectivity index (χ0v) is 18.7. The van der Waals surface area contributed by atoms with E-state index in [1.807, 2.05) is 12.1 Å². The second-order valence-corrected chi connectivity index (χ2v) is 8.90. The van der Waals surface area contributed by atoms with Gasteiger partial charge in [0.1, 0.15) is 23.7 Å². The van der Waals surface area contributed by atoms with Gasteiger partial charge in [-0.05, 0) is 44.4 Å². The number of aryl methyl sites for hydroxylation is 1. The number of nitrogens with zero attached hydrogens (tertiary/aromatic N) is 5. The molecule has 1 amide bonds. The molecule has 0 aromatic carbocycles. The summed E-state index contributed by atoms with van der Waals surface area (Å²) in [6, 6.07) is 3.98. The number of rotatable bonds is 6. The number of hydrogen-bond acceptors (Lipinski definition) is 8. The van der Waals surface area contributed by atoms with Gasteiger partial charge in [0.2, 0.25) is 5.71 Å². The van der Waals surface area contributed by atoms with Crippen molar-refractivity contribution in [3.8, 4) is 0 Å². The Morgan fingerprint density at radius 2 is 2.03 bits per heavy atom. The van der Waals surface area contributed by atoms with Gasteiger partial charge in [0.25, 0.3) is 5.91 Å². The molecule has 0 unspecified atom stereocenters. The van der Waals surface area contributed by atoms with Crippen molar-refractivity contribution in [2.45, 2.75) is 38.8 Å². The van der Waals surface area contributed by atoms with E-state index in [1.54, 1.807) is 25.1 Å². The first-order valence-corrected chi connectivity index (χ1v) is 11.0. The van der Waals surface area contributed by atoms with E-state index in [1.165, 1.54) is 6.33 Å². The number of fused-ring (bicyclic) bond motifs is 1. The molecule has 9 heteroatoms. The monoisotopic (exact) mass is 436 g/mol. The summed E-state index contributed by atoms with van der Waals surface area (Å²) in [5.74, 6) is 1.99. The average molecular weight is 437 g/mol. The maximum absolute atomic E-state index is 13.5. The van der Waals surface area contributed by atoms with Gasteiger partial charge < -0.3 is 24.3 Å². The third-order valence-corrected chi connectivity index (χ3v) is 6.21. The van der Waals surface area contributed by atoms with Crippen LogP contribution in [0.15, 0.2) is 29.1 Å². The zero-order chi connectivity index (χ0) is 22.3. The number of pyridine rings is 1. The van der Waals surface area contributed by atoms with Gasteiger partial charge in [0.15, 0.2) is 0 Å². The summed E-state index contributed by atoms with van der Waals surface area (Å²) < 4.78 is 11.3. The number of ether oxygens (including phenoxy) is 1. The van der Waals surface area contributed by atoms with E-state index in [2.05, 4.69) is 32.1 Å². The van der Waals surface area contributed by atoms with E-state index in [-0.39, 0.29) is 11.4 Å². The van der Waals surface area contributed by atoms with Crippen LogP contribution in [0.25, 0.3) is 11.1 Å². The lowest BCUT2D eigenvalue weighted by Crippen LogP contribution is -2.36. The van der Waals surface area contributed by atoms with Gasteiger partial charge in [-0.3, -0.25) is 4.79 Å². The average Bonchev–Trinajstić information content (AvgIpc) is 3.42. The van der Waals surface area contributed by atoms with Crippen LogP contribution in [0.3, 0.4) is 0 Å². The minimum atomic E-state index is -0.121. The second-order valence-electron chi connectivity index (χ2n) is 8.90. The lowest BCUT2D eigenvalue weighted by Gasteiger charge is -2.28. The lowest BCUT2D eigenvalue weighted by atomic mass is 10.1. The van der Waals surface area contributed by atoms with E-state index in [0.29, 0.717) is 48.0 Å². The summed E-state index contributed by atoms with van der Waals surface area (Å²) in [6.07, 6.45) is 5.42. The molecule has 0 spiro atoms. The topological polar surface area (TPSA) is 96.6 Å². The minimum Gasteiger partial charge on any atom is -0.442 e. The van der Waals surface area contributed by atoms with Crippen LogP contribution in [0.4, 0.5) is 11.6 Å². The van der Waals surface area contributed by atoms with Gasteiger partial charge in [-0.25, -0.2) is 15.0 Å². The van der Waals surface area contributed by atoms with Gasteiger partial charge in [-0.1, -0.05) is 0 Å². The Bertz CT molecular complexity index is 1150. The fourth-order valence-electron chi connectivity index (χ4n) is 4.06. The summed E-state index contributed by atoms with van der Waals surface area (Å²) in [6.45, 7) is 7.45. The summed E-state index contributed by atoms with van der Waals surface area (Å²) in [7, 11) is 1.80. The molecule has 1 N–H and O–H groups in total. The van der Waals surface area contributed by atoms with Crippen LogP contribution < -0.4 is 10.2 Å². The fourth-order valence-corrected chi connectivity index (χ4v) is 4.06. The first-order chi connectivity index (χ1) is 15.4. The van der Waals surface area contributed by atoms with Crippen molar-refractivity contribution in [2.24, 2.45) is 0 Å². The highest BCUT2D eigenvalue weighted by Gasteiger charge is 2.38. The molecule has 1 saturated heterocycles. The van der Waals surface area contributed by atoms with Crippen LogP contribution in [0.1, 0.15) is 41.4 Å². The Morgan fingerprint density at radius 1 is 1.25 bits per heavy atom. The second kappa shape index (κ2) is 8.05. The minimum absolute atomic E-state index is 0.0195.